The van der Waals surface area contributed by atoms with E-state index in [9.17, 15) is 8.42 Å². The lowest BCUT2D eigenvalue weighted by Gasteiger charge is -2.18. The Kier molecular flexibility index (Phi) is 1.74. The van der Waals surface area contributed by atoms with Gasteiger partial charge in [0.15, 0.2) is 0 Å². The van der Waals surface area contributed by atoms with E-state index >= 15 is 0 Å². The second-order valence-electron chi connectivity index (χ2n) is 2.96. The lowest BCUT2D eigenvalue weighted by atomic mass is 9.98. The summed E-state index contributed by atoms with van der Waals surface area (Å²) < 4.78 is 22.2. The van der Waals surface area contributed by atoms with E-state index in [4.69, 9.17) is 5.14 Å². The molecule has 0 saturated carbocycles. The highest BCUT2D eigenvalue weighted by molar-refractivity contribution is 7.93. The first-order valence-corrected chi connectivity index (χ1v) is 5.33. The highest BCUT2D eigenvalue weighted by Crippen LogP contribution is 2.25. The molecule has 0 fully saturated rings. The molecule has 1 aliphatic heterocycles. The first kappa shape index (κ1) is 8.46. The van der Waals surface area contributed by atoms with Crippen LogP contribution in [0.25, 0.3) is 0 Å². The number of nitrogens with two attached hydrogens (primary N) is 1. The Morgan fingerprint density at radius 1 is 1.54 bits per heavy atom. The van der Waals surface area contributed by atoms with Crippen LogP contribution in [0.5, 0.6) is 0 Å². The van der Waals surface area contributed by atoms with Gasteiger partial charge in [-0.25, -0.2) is 13.6 Å². The first-order chi connectivity index (χ1) is 6.09. The molecule has 3 N–H and O–H groups in total. The number of nitrogens with zero attached hydrogens (tertiary/aromatic N) is 1. The summed E-state index contributed by atoms with van der Waals surface area (Å²) in [5.41, 5.74) is 2.78. The number of hydrogen-bond acceptors (Lipinski definition) is 4. The zero-order chi connectivity index (χ0) is 9.47. The topological polar surface area (TPSA) is 84.5 Å². The summed E-state index contributed by atoms with van der Waals surface area (Å²) in [5, 5.41) is 8.85. The summed E-state index contributed by atoms with van der Waals surface area (Å²) in [6.45, 7) is 0. The van der Waals surface area contributed by atoms with E-state index in [0.29, 0.717) is 0 Å². The van der Waals surface area contributed by atoms with Crippen molar-refractivity contribution in [3.05, 3.63) is 23.1 Å². The monoisotopic (exact) mass is 199 g/mol. The van der Waals surface area contributed by atoms with E-state index in [1.54, 1.807) is 12.3 Å². The Morgan fingerprint density at radius 3 is 3.00 bits per heavy atom. The summed E-state index contributed by atoms with van der Waals surface area (Å²) in [7, 11) is -3.60. The predicted molar refractivity (Wildman–Crippen MR) is 49.2 cm³/mol. The summed E-state index contributed by atoms with van der Waals surface area (Å²) in [6.07, 6.45) is 6.59. The molecule has 0 amide bonds. The molecule has 0 bridgehead atoms. The molecule has 0 aromatic rings. The molecule has 0 spiro atoms. The predicted octanol–water partition coefficient (Wildman–Crippen LogP) is -0.698. The molecule has 1 aliphatic carbocycles. The van der Waals surface area contributed by atoms with E-state index in [-0.39, 0.29) is 16.9 Å². The number of nitrogens with one attached hydrogen (secondary N) is 1. The zero-order valence-corrected chi connectivity index (χ0v) is 7.53. The molecule has 2 rings (SSSR count). The van der Waals surface area contributed by atoms with E-state index in [2.05, 4.69) is 10.5 Å². The highest BCUT2D eigenvalue weighted by atomic mass is 32.2. The largest absolute Gasteiger partial charge is 0.302 e. The van der Waals surface area contributed by atoms with E-state index in [1.807, 2.05) is 6.08 Å². The van der Waals surface area contributed by atoms with Crippen molar-refractivity contribution in [2.45, 2.75) is 6.04 Å². The van der Waals surface area contributed by atoms with Crippen LogP contribution >= 0.6 is 0 Å². The van der Waals surface area contributed by atoms with Gasteiger partial charge in [0.1, 0.15) is 0 Å². The molecule has 0 radical (unpaired) electrons. The molecule has 2 aliphatic rings. The van der Waals surface area contributed by atoms with Crippen LogP contribution < -0.4 is 10.6 Å². The highest BCUT2D eigenvalue weighted by Gasteiger charge is 2.32. The van der Waals surface area contributed by atoms with Crippen molar-refractivity contribution in [3.63, 3.8) is 0 Å². The van der Waals surface area contributed by atoms with Crippen LogP contribution in [-0.2, 0) is 10.0 Å². The number of fused-ring (bicyclic) bond motifs is 1. The number of allylic oxidation sites excluding steroid dienone is 2. The van der Waals surface area contributed by atoms with Gasteiger partial charge < -0.3 is 5.43 Å². The lowest BCUT2D eigenvalue weighted by molar-refractivity contribution is 0.581. The van der Waals surface area contributed by atoms with Gasteiger partial charge in [0, 0.05) is 6.21 Å². The summed E-state index contributed by atoms with van der Waals surface area (Å²) in [6, 6.07) is -0.0710. The summed E-state index contributed by atoms with van der Waals surface area (Å²) in [4.78, 5) is 0.216. The number of sulfonamides is 1. The Hall–Kier alpha value is -1.14. The minimum absolute atomic E-state index is 0.0710. The smallest absolute Gasteiger partial charge is 0.234 e. The van der Waals surface area contributed by atoms with Gasteiger partial charge in [-0.2, -0.15) is 5.10 Å². The molecular formula is C7H9N3O2S. The van der Waals surface area contributed by atoms with Crippen LogP contribution in [0.15, 0.2) is 28.2 Å². The number of rotatable bonds is 1. The van der Waals surface area contributed by atoms with Crippen molar-refractivity contribution in [2.75, 3.05) is 0 Å². The normalized spacial score (nSPS) is 31.0. The van der Waals surface area contributed by atoms with Crippen molar-refractivity contribution in [2.24, 2.45) is 16.2 Å². The molecule has 6 heteroatoms. The fourth-order valence-electron chi connectivity index (χ4n) is 1.46. The van der Waals surface area contributed by atoms with Crippen molar-refractivity contribution in [1.29, 1.82) is 0 Å². The minimum Gasteiger partial charge on any atom is -0.302 e. The fourth-order valence-corrected chi connectivity index (χ4v) is 2.32. The Balaban J connectivity index is 2.43. The summed E-state index contributed by atoms with van der Waals surface area (Å²) >= 11 is 0. The maximum atomic E-state index is 11.1. The molecule has 0 saturated heterocycles. The Labute approximate surface area is 76.1 Å². The van der Waals surface area contributed by atoms with Gasteiger partial charge in [0.25, 0.3) is 0 Å². The molecule has 2 atom stereocenters. The van der Waals surface area contributed by atoms with Gasteiger partial charge in [-0.15, -0.1) is 0 Å². The maximum absolute atomic E-state index is 11.1. The molecule has 0 aromatic heterocycles. The van der Waals surface area contributed by atoms with E-state index < -0.39 is 10.0 Å². The van der Waals surface area contributed by atoms with E-state index in [0.717, 1.165) is 0 Å². The number of hydrazone groups is 1. The van der Waals surface area contributed by atoms with Crippen LogP contribution in [0.1, 0.15) is 0 Å². The first-order valence-electron chi connectivity index (χ1n) is 3.79. The average molecular weight is 199 g/mol. The second-order valence-corrected chi connectivity index (χ2v) is 4.52. The fraction of sp³-hybridized carbons (Fsp3) is 0.286. The van der Waals surface area contributed by atoms with Crippen LogP contribution in [0, 0.1) is 5.92 Å². The van der Waals surface area contributed by atoms with E-state index in [1.165, 1.54) is 6.08 Å². The van der Waals surface area contributed by atoms with Crippen LogP contribution in [0.4, 0.5) is 0 Å². The lowest BCUT2D eigenvalue weighted by Crippen LogP contribution is -2.33. The van der Waals surface area contributed by atoms with Crippen molar-refractivity contribution < 1.29 is 8.42 Å². The molecule has 2 unspecified atom stereocenters. The van der Waals surface area contributed by atoms with Gasteiger partial charge in [-0.1, -0.05) is 12.2 Å². The Morgan fingerprint density at radius 2 is 2.31 bits per heavy atom. The number of hydrogen-bond donors (Lipinski definition) is 2. The quantitative estimate of drug-likeness (QED) is 0.585. The molecular weight excluding hydrogens is 190 g/mol. The maximum Gasteiger partial charge on any atom is 0.234 e. The average Bonchev–Trinajstić information content (AvgIpc) is 2.48. The molecule has 0 aromatic carbocycles. The summed E-state index contributed by atoms with van der Waals surface area (Å²) in [5.74, 6) is -0.250. The van der Waals surface area contributed by atoms with Gasteiger partial charge in [0.05, 0.1) is 16.9 Å². The number of primary sulfonamides is 1. The SMILES string of the molecule is NS(=O)(=O)C1=CC=CC2NN=CC12. The van der Waals surface area contributed by atoms with Gasteiger partial charge >= 0.3 is 0 Å². The van der Waals surface area contributed by atoms with Crippen LogP contribution in [0.3, 0.4) is 0 Å². The third-order valence-corrected chi connectivity index (χ3v) is 3.15. The molecule has 1 heterocycles. The standard InChI is InChI=1S/C7H9N3O2S/c8-13(11,12)7-3-1-2-6-5(7)4-9-10-6/h1-6,10H,(H2,8,11,12). The minimum atomic E-state index is -3.60. The molecule has 5 nitrogen and oxygen atoms in total. The van der Waals surface area contributed by atoms with Crippen LogP contribution in [0.2, 0.25) is 0 Å². The van der Waals surface area contributed by atoms with Crippen molar-refractivity contribution in [3.8, 4) is 0 Å². The van der Waals surface area contributed by atoms with Gasteiger partial charge in [0.2, 0.25) is 10.0 Å². The third-order valence-electron chi connectivity index (χ3n) is 2.08. The molecule has 70 valence electrons. The molecule has 13 heavy (non-hydrogen) atoms. The van der Waals surface area contributed by atoms with Crippen molar-refractivity contribution in [1.82, 2.24) is 5.43 Å². The van der Waals surface area contributed by atoms with Crippen molar-refractivity contribution >= 4 is 16.2 Å². The van der Waals surface area contributed by atoms with Gasteiger partial charge in [-0.05, 0) is 6.08 Å². The van der Waals surface area contributed by atoms with Gasteiger partial charge in [-0.3, -0.25) is 0 Å². The second kappa shape index (κ2) is 2.68. The van der Waals surface area contributed by atoms with Crippen LogP contribution in [-0.4, -0.2) is 20.7 Å². The third kappa shape index (κ3) is 1.38. The zero-order valence-electron chi connectivity index (χ0n) is 6.71. The Bertz CT molecular complexity index is 407.